The smallest absolute Gasteiger partial charge is 0.240 e. The largest absolute Gasteiger partial charge is 0.369 e. The lowest BCUT2D eigenvalue weighted by molar-refractivity contribution is -0.136. The van der Waals surface area contributed by atoms with Gasteiger partial charge in [0.2, 0.25) is 17.7 Å². The number of rotatable bonds is 4. The summed E-state index contributed by atoms with van der Waals surface area (Å²) in [6.45, 7) is 1.97. The van der Waals surface area contributed by atoms with E-state index in [1.807, 2.05) is 0 Å². The highest BCUT2D eigenvalue weighted by atomic mass is 16.2. The van der Waals surface area contributed by atoms with E-state index in [9.17, 15) is 14.4 Å². The van der Waals surface area contributed by atoms with Crippen molar-refractivity contribution in [3.63, 3.8) is 0 Å². The minimum absolute atomic E-state index is 0.0825. The summed E-state index contributed by atoms with van der Waals surface area (Å²) in [4.78, 5) is 34.8. The highest BCUT2D eigenvalue weighted by Crippen LogP contribution is 2.20. The number of hydrogen-bond acceptors (Lipinski definition) is 3. The summed E-state index contributed by atoms with van der Waals surface area (Å²) in [7, 11) is 0. The third-order valence-corrected chi connectivity index (χ3v) is 2.65. The Morgan fingerprint density at radius 1 is 1.53 bits per heavy atom. The maximum Gasteiger partial charge on any atom is 0.240 e. The summed E-state index contributed by atoms with van der Waals surface area (Å²) in [5, 5.41) is 0. The SMILES string of the molecule is CC[C@H](C(N)=O)N1C[C@H](C(N)=O)CC1=O. The van der Waals surface area contributed by atoms with Crippen molar-refractivity contribution < 1.29 is 14.4 Å². The molecule has 0 aromatic rings. The summed E-state index contributed by atoms with van der Waals surface area (Å²) >= 11 is 0. The fraction of sp³-hybridized carbons (Fsp3) is 0.667. The van der Waals surface area contributed by atoms with Crippen molar-refractivity contribution in [2.75, 3.05) is 6.54 Å². The Kier molecular flexibility index (Phi) is 3.28. The maximum atomic E-state index is 11.5. The molecule has 1 rings (SSSR count). The molecule has 4 N–H and O–H groups in total. The van der Waals surface area contributed by atoms with Crippen LogP contribution in [0.4, 0.5) is 0 Å². The molecular weight excluding hydrogens is 198 g/mol. The van der Waals surface area contributed by atoms with Gasteiger partial charge in [0.15, 0.2) is 0 Å². The second-order valence-corrected chi connectivity index (χ2v) is 3.68. The Balaban J connectivity index is 2.75. The van der Waals surface area contributed by atoms with Crippen LogP contribution in [0.5, 0.6) is 0 Å². The van der Waals surface area contributed by atoms with Crippen LogP contribution < -0.4 is 11.5 Å². The molecule has 0 aromatic heterocycles. The van der Waals surface area contributed by atoms with Crippen LogP contribution in [0.25, 0.3) is 0 Å². The summed E-state index contributed by atoms with van der Waals surface area (Å²) in [5.74, 6) is -1.78. The zero-order valence-electron chi connectivity index (χ0n) is 8.60. The lowest BCUT2D eigenvalue weighted by Gasteiger charge is -2.23. The van der Waals surface area contributed by atoms with Gasteiger partial charge in [-0.2, -0.15) is 0 Å². The molecule has 0 aromatic carbocycles. The van der Waals surface area contributed by atoms with Crippen LogP contribution in [0.2, 0.25) is 0 Å². The molecule has 84 valence electrons. The molecule has 0 saturated carbocycles. The van der Waals surface area contributed by atoms with Crippen molar-refractivity contribution in [1.82, 2.24) is 4.90 Å². The van der Waals surface area contributed by atoms with Crippen molar-refractivity contribution in [3.8, 4) is 0 Å². The molecule has 15 heavy (non-hydrogen) atoms. The first-order chi connectivity index (χ1) is 6.97. The van der Waals surface area contributed by atoms with Gasteiger partial charge in [0.25, 0.3) is 0 Å². The minimum atomic E-state index is -0.623. The molecule has 1 saturated heterocycles. The van der Waals surface area contributed by atoms with Gasteiger partial charge in [-0.05, 0) is 6.42 Å². The molecule has 1 fully saturated rings. The Labute approximate surface area is 87.6 Å². The van der Waals surface area contributed by atoms with Crippen molar-refractivity contribution in [3.05, 3.63) is 0 Å². The number of amides is 3. The van der Waals surface area contributed by atoms with Gasteiger partial charge in [-0.15, -0.1) is 0 Å². The molecule has 0 bridgehead atoms. The van der Waals surface area contributed by atoms with Crippen molar-refractivity contribution in [1.29, 1.82) is 0 Å². The predicted octanol–water partition coefficient (Wildman–Crippen LogP) is -1.42. The molecule has 2 atom stereocenters. The van der Waals surface area contributed by atoms with Crippen LogP contribution in [-0.4, -0.2) is 35.2 Å². The van der Waals surface area contributed by atoms with E-state index in [-0.39, 0.29) is 18.9 Å². The van der Waals surface area contributed by atoms with Gasteiger partial charge in [0.1, 0.15) is 6.04 Å². The number of nitrogens with two attached hydrogens (primary N) is 2. The molecule has 1 aliphatic rings. The first-order valence-electron chi connectivity index (χ1n) is 4.85. The summed E-state index contributed by atoms with van der Waals surface area (Å²) in [6, 6.07) is -0.623. The van der Waals surface area contributed by atoms with Crippen LogP contribution in [-0.2, 0) is 14.4 Å². The van der Waals surface area contributed by atoms with E-state index in [2.05, 4.69) is 0 Å². The quantitative estimate of drug-likeness (QED) is 0.598. The molecule has 6 heteroatoms. The number of carbonyl (C=O) groups is 3. The van der Waals surface area contributed by atoms with E-state index in [0.717, 1.165) is 0 Å². The van der Waals surface area contributed by atoms with Crippen LogP contribution in [0.3, 0.4) is 0 Å². The third kappa shape index (κ3) is 2.26. The monoisotopic (exact) mass is 213 g/mol. The zero-order valence-corrected chi connectivity index (χ0v) is 8.60. The van der Waals surface area contributed by atoms with Crippen LogP contribution >= 0.6 is 0 Å². The number of carbonyl (C=O) groups excluding carboxylic acids is 3. The summed E-state index contributed by atoms with van der Waals surface area (Å²) < 4.78 is 0. The van der Waals surface area contributed by atoms with Crippen LogP contribution in [0, 0.1) is 5.92 Å². The molecule has 0 unspecified atom stereocenters. The van der Waals surface area contributed by atoms with Crippen LogP contribution in [0.15, 0.2) is 0 Å². The van der Waals surface area contributed by atoms with E-state index in [1.54, 1.807) is 6.92 Å². The molecule has 3 amide bonds. The second kappa shape index (κ2) is 4.29. The van der Waals surface area contributed by atoms with E-state index in [0.29, 0.717) is 6.42 Å². The first-order valence-corrected chi connectivity index (χ1v) is 4.85. The molecule has 6 nitrogen and oxygen atoms in total. The standard InChI is InChI=1S/C9H15N3O3/c1-2-6(9(11)15)12-4-5(8(10)14)3-7(12)13/h5-6H,2-4H2,1H3,(H2,10,14)(H2,11,15)/t5-,6-/m1/s1. The zero-order chi connectivity index (χ0) is 11.6. The predicted molar refractivity (Wildman–Crippen MR) is 52.3 cm³/mol. The topological polar surface area (TPSA) is 106 Å². The fourth-order valence-electron chi connectivity index (χ4n) is 1.80. The summed E-state index contributed by atoms with van der Waals surface area (Å²) in [5.41, 5.74) is 10.3. The van der Waals surface area contributed by atoms with Crippen molar-refractivity contribution in [2.45, 2.75) is 25.8 Å². The lowest BCUT2D eigenvalue weighted by atomic mass is 10.1. The van der Waals surface area contributed by atoms with Gasteiger partial charge in [0.05, 0.1) is 5.92 Å². The van der Waals surface area contributed by atoms with Gasteiger partial charge < -0.3 is 16.4 Å². The van der Waals surface area contributed by atoms with Crippen molar-refractivity contribution >= 4 is 17.7 Å². The molecule has 1 aliphatic heterocycles. The van der Waals surface area contributed by atoms with Crippen LogP contribution in [0.1, 0.15) is 19.8 Å². The minimum Gasteiger partial charge on any atom is -0.369 e. The van der Waals surface area contributed by atoms with E-state index >= 15 is 0 Å². The molecular formula is C9H15N3O3. The normalized spacial score (nSPS) is 22.9. The third-order valence-electron chi connectivity index (χ3n) is 2.65. The Hall–Kier alpha value is -1.59. The van der Waals surface area contributed by atoms with E-state index in [1.165, 1.54) is 4.90 Å². The number of primary amides is 2. The van der Waals surface area contributed by atoms with E-state index < -0.39 is 23.8 Å². The van der Waals surface area contributed by atoms with Gasteiger partial charge >= 0.3 is 0 Å². The average molecular weight is 213 g/mol. The fourth-order valence-corrected chi connectivity index (χ4v) is 1.80. The Morgan fingerprint density at radius 3 is 2.47 bits per heavy atom. The van der Waals surface area contributed by atoms with Gasteiger partial charge in [-0.25, -0.2) is 0 Å². The highest BCUT2D eigenvalue weighted by molar-refractivity contribution is 5.92. The number of likely N-dealkylation sites (tertiary alicyclic amines) is 1. The van der Waals surface area contributed by atoms with Gasteiger partial charge in [-0.1, -0.05) is 6.92 Å². The molecule has 0 aliphatic carbocycles. The Bertz CT molecular complexity index is 303. The average Bonchev–Trinajstić information content (AvgIpc) is 2.49. The molecule has 1 heterocycles. The van der Waals surface area contributed by atoms with Gasteiger partial charge in [0, 0.05) is 13.0 Å². The molecule has 0 radical (unpaired) electrons. The maximum absolute atomic E-state index is 11.5. The highest BCUT2D eigenvalue weighted by Gasteiger charge is 2.38. The summed E-state index contributed by atoms with van der Waals surface area (Å²) in [6.07, 6.45) is 0.533. The Morgan fingerprint density at radius 2 is 2.13 bits per heavy atom. The number of hydrogen-bond donors (Lipinski definition) is 2. The second-order valence-electron chi connectivity index (χ2n) is 3.68. The number of nitrogens with zero attached hydrogens (tertiary/aromatic N) is 1. The first kappa shape index (κ1) is 11.5. The lowest BCUT2D eigenvalue weighted by Crippen LogP contribution is -2.45. The van der Waals surface area contributed by atoms with Crippen molar-refractivity contribution in [2.24, 2.45) is 17.4 Å². The van der Waals surface area contributed by atoms with Gasteiger partial charge in [-0.3, -0.25) is 14.4 Å². The molecule has 0 spiro atoms. The van der Waals surface area contributed by atoms with E-state index in [4.69, 9.17) is 11.5 Å².